The zero-order valence-electron chi connectivity index (χ0n) is 17.2. The van der Waals surface area contributed by atoms with Crippen LogP contribution >= 0.6 is 23.1 Å². The second kappa shape index (κ2) is 8.65. The average Bonchev–Trinajstić information content (AvgIpc) is 3.19. The highest BCUT2D eigenvalue weighted by atomic mass is 35.5. The van der Waals surface area contributed by atoms with Gasteiger partial charge in [-0.1, -0.05) is 28.2 Å². The Hall–Kier alpha value is -2.58. The predicted octanol–water partition coefficient (Wildman–Crippen LogP) is 4.04. The molecule has 1 amide bonds. The molecule has 1 atom stereocenters. The first-order valence-corrected chi connectivity index (χ1v) is 11.0. The molecule has 1 aliphatic rings. The number of nitrogens with zero attached hydrogens (tertiary/aromatic N) is 6. The Morgan fingerprint density at radius 3 is 2.70 bits per heavy atom. The van der Waals surface area contributed by atoms with E-state index in [1.54, 1.807) is 0 Å². The number of carbonyl (C=O) groups is 1. The van der Waals surface area contributed by atoms with Crippen LogP contribution in [0.25, 0.3) is 11.1 Å². The fourth-order valence-corrected chi connectivity index (χ4v) is 4.47. The van der Waals surface area contributed by atoms with Crippen LogP contribution in [0.4, 0.5) is 5.95 Å². The van der Waals surface area contributed by atoms with Crippen LogP contribution in [-0.2, 0) is 0 Å². The summed E-state index contributed by atoms with van der Waals surface area (Å²) in [6.07, 6.45) is 3.76. The third-order valence-corrected chi connectivity index (χ3v) is 6.37. The highest BCUT2D eigenvalue weighted by Crippen LogP contribution is 2.35. The minimum Gasteiger partial charge on any atom is -0.347 e. The van der Waals surface area contributed by atoms with E-state index in [0.29, 0.717) is 28.1 Å². The summed E-state index contributed by atoms with van der Waals surface area (Å²) in [6.45, 7) is 3.17. The largest absolute Gasteiger partial charge is 0.347 e. The van der Waals surface area contributed by atoms with E-state index >= 15 is 0 Å². The van der Waals surface area contributed by atoms with E-state index in [1.165, 1.54) is 0 Å². The second-order valence-electron chi connectivity index (χ2n) is 7.65. The summed E-state index contributed by atoms with van der Waals surface area (Å²) in [4.78, 5) is 26.9. The molecule has 2 aromatic heterocycles. The van der Waals surface area contributed by atoms with Crippen LogP contribution in [0.1, 0.15) is 39.8 Å². The molecule has 0 unspecified atom stereocenters. The molecule has 1 aliphatic heterocycles. The number of halogens is 1. The minimum atomic E-state index is 0.00197. The van der Waals surface area contributed by atoms with Crippen molar-refractivity contribution in [1.29, 1.82) is 0 Å². The van der Waals surface area contributed by atoms with Gasteiger partial charge in [0, 0.05) is 49.9 Å². The van der Waals surface area contributed by atoms with Gasteiger partial charge in [-0.05, 0) is 49.0 Å². The van der Waals surface area contributed by atoms with Crippen LogP contribution in [-0.4, -0.2) is 57.5 Å². The standard InChI is InChI=1S/C21H23ClN6OS/c1-13-19(30-26-25-13)20(29)28-10-4-5-15(12-28)18-17(11-23-21(24-18)27(2)3)14-6-8-16(22)9-7-14/h6-9,11,15H,4-5,10,12H2,1-3H3/t15-/m1/s1. The van der Waals surface area contributed by atoms with Crippen LogP contribution < -0.4 is 4.90 Å². The smallest absolute Gasteiger partial charge is 0.267 e. The first-order valence-electron chi connectivity index (χ1n) is 9.82. The van der Waals surface area contributed by atoms with Gasteiger partial charge in [-0.25, -0.2) is 9.97 Å². The Bertz CT molecular complexity index is 1050. The van der Waals surface area contributed by atoms with Crippen LogP contribution in [0, 0.1) is 6.92 Å². The molecule has 30 heavy (non-hydrogen) atoms. The molecule has 1 saturated heterocycles. The lowest BCUT2D eigenvalue weighted by atomic mass is 9.90. The number of carbonyl (C=O) groups excluding carboxylic acids is 1. The lowest BCUT2D eigenvalue weighted by Crippen LogP contribution is -2.39. The predicted molar refractivity (Wildman–Crippen MR) is 119 cm³/mol. The monoisotopic (exact) mass is 442 g/mol. The molecule has 0 N–H and O–H groups in total. The van der Waals surface area contributed by atoms with E-state index in [1.807, 2.05) is 61.3 Å². The van der Waals surface area contributed by atoms with E-state index in [4.69, 9.17) is 16.6 Å². The van der Waals surface area contributed by atoms with Gasteiger partial charge in [0.15, 0.2) is 0 Å². The van der Waals surface area contributed by atoms with Gasteiger partial charge in [0.25, 0.3) is 5.91 Å². The normalized spacial score (nSPS) is 16.5. The Kier molecular flexibility index (Phi) is 5.97. The summed E-state index contributed by atoms with van der Waals surface area (Å²) in [7, 11) is 3.86. The summed E-state index contributed by atoms with van der Waals surface area (Å²) in [6, 6.07) is 7.71. The average molecular weight is 443 g/mol. The Balaban J connectivity index is 1.69. The van der Waals surface area contributed by atoms with E-state index in [-0.39, 0.29) is 11.8 Å². The number of benzene rings is 1. The van der Waals surface area contributed by atoms with Gasteiger partial charge in [-0.3, -0.25) is 4.79 Å². The maximum absolute atomic E-state index is 13.0. The molecule has 0 radical (unpaired) electrons. The molecule has 0 spiro atoms. The Morgan fingerprint density at radius 2 is 2.03 bits per heavy atom. The first-order chi connectivity index (χ1) is 14.4. The van der Waals surface area contributed by atoms with Gasteiger partial charge < -0.3 is 9.80 Å². The SMILES string of the molecule is Cc1nnsc1C(=O)N1CCC[C@@H](c2nc(N(C)C)ncc2-c2ccc(Cl)cc2)C1. The van der Waals surface area contributed by atoms with Crippen molar-refractivity contribution in [1.82, 2.24) is 24.5 Å². The van der Waals surface area contributed by atoms with Crippen molar-refractivity contribution in [3.63, 3.8) is 0 Å². The van der Waals surface area contributed by atoms with Gasteiger partial charge >= 0.3 is 0 Å². The molecule has 0 saturated carbocycles. The van der Waals surface area contributed by atoms with Crippen molar-refractivity contribution in [3.8, 4) is 11.1 Å². The van der Waals surface area contributed by atoms with Crippen molar-refractivity contribution in [3.05, 3.63) is 51.7 Å². The number of aromatic nitrogens is 4. The van der Waals surface area contributed by atoms with Crippen molar-refractivity contribution in [2.75, 3.05) is 32.1 Å². The van der Waals surface area contributed by atoms with Gasteiger partial charge in [0.1, 0.15) is 4.88 Å². The van der Waals surface area contributed by atoms with Gasteiger partial charge in [0.2, 0.25) is 5.95 Å². The number of anilines is 1. The number of hydrogen-bond donors (Lipinski definition) is 0. The van der Waals surface area contributed by atoms with Gasteiger partial charge in [-0.15, -0.1) is 5.10 Å². The summed E-state index contributed by atoms with van der Waals surface area (Å²) in [5.74, 6) is 0.784. The van der Waals surface area contributed by atoms with E-state index in [9.17, 15) is 4.79 Å². The molecule has 3 heterocycles. The molecular weight excluding hydrogens is 420 g/mol. The van der Waals surface area contributed by atoms with E-state index < -0.39 is 0 Å². The summed E-state index contributed by atoms with van der Waals surface area (Å²) >= 11 is 7.24. The van der Waals surface area contributed by atoms with Crippen LogP contribution in [0.5, 0.6) is 0 Å². The maximum Gasteiger partial charge on any atom is 0.267 e. The van der Waals surface area contributed by atoms with Crippen molar-refractivity contribution >= 4 is 35.0 Å². The molecule has 0 bridgehead atoms. The van der Waals surface area contributed by atoms with Crippen molar-refractivity contribution in [2.45, 2.75) is 25.7 Å². The fraction of sp³-hybridized carbons (Fsp3) is 0.381. The summed E-state index contributed by atoms with van der Waals surface area (Å²) < 4.78 is 3.91. The second-order valence-corrected chi connectivity index (χ2v) is 8.84. The molecule has 9 heteroatoms. The topological polar surface area (TPSA) is 75.1 Å². The molecular formula is C21H23ClN6OS. The summed E-state index contributed by atoms with van der Waals surface area (Å²) in [5, 5.41) is 4.67. The van der Waals surface area contributed by atoms with Gasteiger partial charge in [-0.2, -0.15) is 0 Å². The number of likely N-dealkylation sites (tertiary alicyclic amines) is 1. The maximum atomic E-state index is 13.0. The summed E-state index contributed by atoms with van der Waals surface area (Å²) in [5.41, 5.74) is 3.65. The van der Waals surface area contributed by atoms with Crippen LogP contribution in [0.3, 0.4) is 0 Å². The van der Waals surface area contributed by atoms with Crippen molar-refractivity contribution in [2.24, 2.45) is 0 Å². The molecule has 7 nitrogen and oxygen atoms in total. The molecule has 1 aromatic carbocycles. The zero-order chi connectivity index (χ0) is 21.3. The number of aryl methyl sites for hydroxylation is 1. The highest BCUT2D eigenvalue weighted by molar-refractivity contribution is 7.07. The number of amides is 1. The Morgan fingerprint density at radius 1 is 1.27 bits per heavy atom. The minimum absolute atomic E-state index is 0.00197. The lowest BCUT2D eigenvalue weighted by Gasteiger charge is -2.33. The van der Waals surface area contributed by atoms with Crippen LogP contribution in [0.2, 0.25) is 5.02 Å². The number of rotatable bonds is 4. The third kappa shape index (κ3) is 4.15. The molecule has 156 valence electrons. The fourth-order valence-electron chi connectivity index (χ4n) is 3.72. The lowest BCUT2D eigenvalue weighted by molar-refractivity contribution is 0.0710. The molecule has 0 aliphatic carbocycles. The zero-order valence-corrected chi connectivity index (χ0v) is 18.7. The quantitative estimate of drug-likeness (QED) is 0.607. The van der Waals surface area contributed by atoms with Crippen LogP contribution in [0.15, 0.2) is 30.5 Å². The van der Waals surface area contributed by atoms with E-state index in [2.05, 4.69) is 14.6 Å². The number of hydrogen-bond acceptors (Lipinski definition) is 7. The van der Waals surface area contributed by atoms with Gasteiger partial charge in [0.05, 0.1) is 11.4 Å². The molecule has 1 fully saturated rings. The first kappa shape index (κ1) is 20.7. The Labute approximate surface area is 184 Å². The van der Waals surface area contributed by atoms with Crippen molar-refractivity contribution < 1.29 is 4.79 Å². The molecule has 3 aromatic rings. The third-order valence-electron chi connectivity index (χ3n) is 5.30. The number of piperidine rings is 1. The van der Waals surface area contributed by atoms with E-state index in [0.717, 1.165) is 47.7 Å². The molecule has 4 rings (SSSR count). The highest BCUT2D eigenvalue weighted by Gasteiger charge is 2.30.